The molecule has 5 rings (SSSR count). The molecule has 1 aromatic rings. The van der Waals surface area contributed by atoms with Crippen molar-refractivity contribution in [3.63, 3.8) is 0 Å². The van der Waals surface area contributed by atoms with Crippen LogP contribution in [0.3, 0.4) is 0 Å². The number of piperidine rings is 1. The van der Waals surface area contributed by atoms with Crippen molar-refractivity contribution in [3.05, 3.63) is 52.4 Å². The van der Waals surface area contributed by atoms with Crippen molar-refractivity contribution >= 4 is 17.4 Å². The highest BCUT2D eigenvalue weighted by Gasteiger charge is 2.32. The van der Waals surface area contributed by atoms with Crippen LogP contribution < -0.4 is 10.2 Å². The lowest BCUT2D eigenvalue weighted by Crippen LogP contribution is -2.43. The predicted octanol–water partition coefficient (Wildman–Crippen LogP) is 3.04. The number of nitrogens with zero attached hydrogens (tertiary/aromatic N) is 2. The lowest BCUT2D eigenvalue weighted by atomic mass is 9.97. The number of anilines is 1. The molecule has 1 amide bonds. The van der Waals surface area contributed by atoms with E-state index in [0.717, 1.165) is 79.9 Å². The van der Waals surface area contributed by atoms with E-state index >= 15 is 0 Å². The van der Waals surface area contributed by atoms with Crippen molar-refractivity contribution in [2.45, 2.75) is 38.5 Å². The van der Waals surface area contributed by atoms with E-state index in [-0.39, 0.29) is 17.6 Å². The number of hydrogen-bond donors (Lipinski definition) is 1. The van der Waals surface area contributed by atoms with Gasteiger partial charge in [0.05, 0.1) is 6.61 Å². The summed E-state index contributed by atoms with van der Waals surface area (Å²) >= 11 is 0. The molecule has 6 heteroatoms. The molecule has 0 radical (unpaired) electrons. The Bertz CT molecular complexity index is 959. The van der Waals surface area contributed by atoms with E-state index in [1.165, 1.54) is 12.0 Å². The number of hydrogen-bond acceptors (Lipinski definition) is 5. The third-order valence-corrected chi connectivity index (χ3v) is 6.99. The molecule has 1 aromatic carbocycles. The Morgan fingerprint density at radius 1 is 1.16 bits per heavy atom. The minimum Gasteiger partial charge on any atom is -0.384 e. The van der Waals surface area contributed by atoms with Crippen LogP contribution in [0.15, 0.2) is 41.2 Å². The van der Waals surface area contributed by atoms with Crippen LogP contribution in [0, 0.1) is 5.92 Å². The molecule has 1 fully saturated rings. The number of rotatable bonds is 4. The Morgan fingerprint density at radius 3 is 2.81 bits per heavy atom. The maximum Gasteiger partial charge on any atom is 0.251 e. The van der Waals surface area contributed by atoms with Gasteiger partial charge in [0.1, 0.15) is 5.82 Å². The van der Waals surface area contributed by atoms with Crippen LogP contribution in [0.4, 0.5) is 5.69 Å². The topological polar surface area (TPSA) is 61.9 Å². The molecule has 6 nitrogen and oxygen atoms in total. The lowest BCUT2D eigenvalue weighted by molar-refractivity contribution is -0.128. The number of fused-ring (bicyclic) bond motifs is 1. The third kappa shape index (κ3) is 3.78. The van der Waals surface area contributed by atoms with E-state index in [2.05, 4.69) is 28.4 Å². The van der Waals surface area contributed by atoms with Gasteiger partial charge in [-0.2, -0.15) is 0 Å². The monoisotopic (exact) mass is 421 g/mol. The maximum atomic E-state index is 13.0. The number of amides is 1. The molecule has 3 aliphatic heterocycles. The fourth-order valence-electron chi connectivity index (χ4n) is 5.39. The Labute approximate surface area is 183 Å². The fraction of sp³-hybridized carbons (Fsp3) is 0.520. The summed E-state index contributed by atoms with van der Waals surface area (Å²) in [7, 11) is 1.65. The second-order valence-electron chi connectivity index (χ2n) is 9.07. The molecule has 164 valence electrons. The zero-order valence-electron chi connectivity index (χ0n) is 18.3. The van der Waals surface area contributed by atoms with Gasteiger partial charge in [-0.05, 0) is 73.9 Å². The van der Waals surface area contributed by atoms with Crippen molar-refractivity contribution in [2.24, 2.45) is 5.92 Å². The van der Waals surface area contributed by atoms with E-state index in [4.69, 9.17) is 4.74 Å². The molecule has 4 aliphatic rings. The number of allylic oxidation sites excluding steroid dienone is 2. The molecule has 0 spiro atoms. The molecule has 1 aliphatic carbocycles. The smallest absolute Gasteiger partial charge is 0.251 e. The van der Waals surface area contributed by atoms with Gasteiger partial charge < -0.3 is 19.9 Å². The summed E-state index contributed by atoms with van der Waals surface area (Å²) in [4.78, 5) is 29.9. The predicted molar refractivity (Wildman–Crippen MR) is 120 cm³/mol. The quantitative estimate of drug-likeness (QED) is 0.810. The second-order valence-corrected chi connectivity index (χ2v) is 9.07. The van der Waals surface area contributed by atoms with Crippen LogP contribution in [0.5, 0.6) is 0 Å². The van der Waals surface area contributed by atoms with Gasteiger partial charge in [-0.15, -0.1) is 0 Å². The number of methoxy groups -OCH3 is 1. The van der Waals surface area contributed by atoms with Gasteiger partial charge >= 0.3 is 0 Å². The highest BCUT2D eigenvalue weighted by atomic mass is 16.5. The van der Waals surface area contributed by atoms with Crippen LogP contribution >= 0.6 is 0 Å². The molecular formula is C25H31N3O3. The van der Waals surface area contributed by atoms with E-state index in [0.29, 0.717) is 13.2 Å². The van der Waals surface area contributed by atoms with Gasteiger partial charge in [0.15, 0.2) is 5.78 Å². The minimum atomic E-state index is -0.0644. The van der Waals surface area contributed by atoms with Crippen LogP contribution in [-0.4, -0.2) is 56.5 Å². The molecule has 1 atom stereocenters. The van der Waals surface area contributed by atoms with Crippen LogP contribution in [0.1, 0.15) is 48.0 Å². The number of Topliss-reactive ketones (excluding diaryl/α,β-unsaturated/α-hetero) is 1. The summed E-state index contributed by atoms with van der Waals surface area (Å²) in [6, 6.07) is 6.20. The lowest BCUT2D eigenvalue weighted by Gasteiger charge is -2.37. The highest BCUT2D eigenvalue weighted by molar-refractivity contribution is 6.02. The normalized spacial score (nSPS) is 23.3. The number of ketones is 1. The van der Waals surface area contributed by atoms with Gasteiger partial charge in [-0.1, -0.05) is 0 Å². The first-order valence-corrected chi connectivity index (χ1v) is 11.6. The number of dihydropyridines is 1. The summed E-state index contributed by atoms with van der Waals surface area (Å²) in [5, 5.41) is 3.55. The van der Waals surface area contributed by atoms with E-state index in [1.54, 1.807) is 7.11 Å². The van der Waals surface area contributed by atoms with Gasteiger partial charge in [-0.25, -0.2) is 0 Å². The maximum absolute atomic E-state index is 13.0. The Morgan fingerprint density at radius 2 is 2.00 bits per heavy atom. The number of nitrogens with one attached hydrogen (secondary N) is 1. The first kappa shape index (κ1) is 20.3. The zero-order valence-corrected chi connectivity index (χ0v) is 18.3. The summed E-state index contributed by atoms with van der Waals surface area (Å²) in [6.45, 7) is 3.74. The molecule has 1 saturated heterocycles. The molecule has 0 bridgehead atoms. The summed E-state index contributed by atoms with van der Waals surface area (Å²) in [6.07, 6.45) is 8.35. The van der Waals surface area contributed by atoms with Gasteiger partial charge in [-0.3, -0.25) is 9.59 Å². The summed E-state index contributed by atoms with van der Waals surface area (Å²) < 4.78 is 5.23. The summed E-state index contributed by atoms with van der Waals surface area (Å²) in [5.41, 5.74) is 5.16. The van der Waals surface area contributed by atoms with E-state index in [1.807, 2.05) is 11.0 Å². The average Bonchev–Trinajstić information content (AvgIpc) is 3.13. The Kier molecular flexibility index (Phi) is 5.57. The van der Waals surface area contributed by atoms with Crippen LogP contribution in [-0.2, 0) is 16.0 Å². The van der Waals surface area contributed by atoms with Gasteiger partial charge in [0.2, 0.25) is 0 Å². The summed E-state index contributed by atoms with van der Waals surface area (Å²) in [5.74, 6) is 1.43. The standard InChI is InChI=1S/C25H31N3O3/c1-31-16-20-13-18-14-21(7-8-22(18)23(20)29)28-11-5-6-17-12-19(15-26-24(17)28)25(30)27-9-3-2-4-10-27/h7-8,12,14,20,26H,2-6,9-11,13,15-16H2,1H3. The van der Waals surface area contributed by atoms with Crippen molar-refractivity contribution in [3.8, 4) is 0 Å². The number of carbonyl (C=O) groups is 2. The molecule has 3 heterocycles. The van der Waals surface area contributed by atoms with Crippen molar-refractivity contribution < 1.29 is 14.3 Å². The van der Waals surface area contributed by atoms with Crippen molar-refractivity contribution in [1.82, 2.24) is 10.2 Å². The van der Waals surface area contributed by atoms with Crippen LogP contribution in [0.2, 0.25) is 0 Å². The van der Waals surface area contributed by atoms with Crippen molar-refractivity contribution in [1.29, 1.82) is 0 Å². The Balaban J connectivity index is 1.39. The largest absolute Gasteiger partial charge is 0.384 e. The Hall–Kier alpha value is -2.60. The highest BCUT2D eigenvalue weighted by Crippen LogP contribution is 2.35. The number of carbonyl (C=O) groups excluding carboxylic acids is 2. The molecule has 31 heavy (non-hydrogen) atoms. The minimum absolute atomic E-state index is 0.0644. The first-order valence-electron chi connectivity index (χ1n) is 11.6. The van der Waals surface area contributed by atoms with E-state index < -0.39 is 0 Å². The zero-order chi connectivity index (χ0) is 21.4. The molecule has 0 aromatic heterocycles. The number of ether oxygens (including phenoxy) is 1. The fourth-order valence-corrected chi connectivity index (χ4v) is 5.39. The van der Waals surface area contributed by atoms with Crippen molar-refractivity contribution in [2.75, 3.05) is 44.8 Å². The molecule has 0 saturated carbocycles. The average molecular weight is 422 g/mol. The van der Waals surface area contributed by atoms with Gasteiger partial charge in [0.25, 0.3) is 5.91 Å². The van der Waals surface area contributed by atoms with Crippen LogP contribution in [0.25, 0.3) is 0 Å². The third-order valence-electron chi connectivity index (χ3n) is 6.99. The van der Waals surface area contributed by atoms with Gasteiger partial charge in [0, 0.05) is 56.0 Å². The number of likely N-dealkylation sites (tertiary alicyclic amines) is 1. The second kappa shape index (κ2) is 8.50. The number of benzene rings is 1. The van der Waals surface area contributed by atoms with E-state index in [9.17, 15) is 9.59 Å². The molecular weight excluding hydrogens is 390 g/mol. The molecule has 1 N–H and O–H groups in total. The first-order chi connectivity index (χ1) is 15.2. The SMILES string of the molecule is COCC1Cc2cc(N3CCCC4=C3NCC(C(=O)N3CCCCC3)=C4)ccc2C1=O. The molecule has 1 unspecified atom stereocenters.